The molecule has 3 nitrogen and oxygen atoms in total. The van der Waals surface area contributed by atoms with Crippen molar-refractivity contribution in [1.82, 2.24) is 5.32 Å². The van der Waals surface area contributed by atoms with Gasteiger partial charge in [0, 0.05) is 23.4 Å². The lowest BCUT2D eigenvalue weighted by Gasteiger charge is -2.05. The summed E-state index contributed by atoms with van der Waals surface area (Å²) in [6.07, 6.45) is 1.72. The summed E-state index contributed by atoms with van der Waals surface area (Å²) < 4.78 is 35.0. The quantitative estimate of drug-likeness (QED) is 0.810. The summed E-state index contributed by atoms with van der Waals surface area (Å²) >= 11 is 5.62. The summed E-state index contributed by atoms with van der Waals surface area (Å²) in [5.74, 6) is -0.212. The lowest BCUT2D eigenvalue weighted by atomic mass is 10.2. The minimum Gasteiger partial charge on any atom is -0.313 e. The lowest BCUT2D eigenvalue weighted by molar-refractivity contribution is 0.579. The lowest BCUT2D eigenvalue weighted by Crippen LogP contribution is -2.18. The maximum atomic E-state index is 13.3. The standard InChI is InChI=1S/C11H15ClFNO2S/c1-17(15,16)6-2-5-14-8-9-3-4-10(12)7-11(9)13/h3-4,7,14H,2,5-6,8H2,1H3. The predicted octanol–water partition coefficient (Wildman–Crippen LogP) is 2.00. The Hall–Kier alpha value is -0.650. The molecule has 0 fully saturated rings. The van der Waals surface area contributed by atoms with E-state index in [1.807, 2.05) is 0 Å². The van der Waals surface area contributed by atoms with Crippen molar-refractivity contribution in [3.63, 3.8) is 0 Å². The van der Waals surface area contributed by atoms with Crippen LogP contribution in [0.4, 0.5) is 4.39 Å². The Morgan fingerprint density at radius 2 is 2.12 bits per heavy atom. The SMILES string of the molecule is CS(=O)(=O)CCCNCc1ccc(Cl)cc1F. The Bertz CT molecular complexity index is 476. The molecule has 1 rings (SSSR count). The topological polar surface area (TPSA) is 46.2 Å². The molecule has 0 radical (unpaired) electrons. The molecule has 0 bridgehead atoms. The zero-order valence-corrected chi connectivity index (χ0v) is 11.1. The molecule has 1 N–H and O–H groups in total. The monoisotopic (exact) mass is 279 g/mol. The van der Waals surface area contributed by atoms with Crippen LogP contribution in [0.5, 0.6) is 0 Å². The van der Waals surface area contributed by atoms with Crippen LogP contribution in [0.3, 0.4) is 0 Å². The number of halogens is 2. The first-order valence-electron chi connectivity index (χ1n) is 5.21. The maximum Gasteiger partial charge on any atom is 0.147 e. The van der Waals surface area contributed by atoms with Crippen LogP contribution in [-0.2, 0) is 16.4 Å². The van der Waals surface area contributed by atoms with Gasteiger partial charge in [0.1, 0.15) is 15.7 Å². The van der Waals surface area contributed by atoms with Crippen molar-refractivity contribution in [3.05, 3.63) is 34.6 Å². The van der Waals surface area contributed by atoms with E-state index in [9.17, 15) is 12.8 Å². The van der Waals surface area contributed by atoms with E-state index >= 15 is 0 Å². The zero-order valence-electron chi connectivity index (χ0n) is 9.54. The molecule has 0 unspecified atom stereocenters. The van der Waals surface area contributed by atoms with Crippen molar-refractivity contribution in [3.8, 4) is 0 Å². The summed E-state index contributed by atoms with van der Waals surface area (Å²) in [6.45, 7) is 0.905. The van der Waals surface area contributed by atoms with Crippen molar-refractivity contribution >= 4 is 21.4 Å². The summed E-state index contributed by atoms with van der Waals surface area (Å²) in [6, 6.07) is 4.49. The van der Waals surface area contributed by atoms with Gasteiger partial charge >= 0.3 is 0 Å². The van der Waals surface area contributed by atoms with E-state index in [-0.39, 0.29) is 11.6 Å². The smallest absolute Gasteiger partial charge is 0.147 e. The molecule has 0 saturated heterocycles. The second kappa shape index (κ2) is 6.33. The van der Waals surface area contributed by atoms with Crippen molar-refractivity contribution in [2.24, 2.45) is 0 Å². The summed E-state index contributed by atoms with van der Waals surface area (Å²) in [5, 5.41) is 3.35. The van der Waals surface area contributed by atoms with Gasteiger partial charge in [0.25, 0.3) is 0 Å². The van der Waals surface area contributed by atoms with Gasteiger partial charge in [0.15, 0.2) is 0 Å². The van der Waals surface area contributed by atoms with Crippen LogP contribution in [0.2, 0.25) is 5.02 Å². The van der Waals surface area contributed by atoms with E-state index in [0.29, 0.717) is 30.1 Å². The van der Waals surface area contributed by atoms with Crippen LogP contribution in [0.1, 0.15) is 12.0 Å². The number of hydrogen-bond donors (Lipinski definition) is 1. The molecule has 0 aliphatic heterocycles. The maximum absolute atomic E-state index is 13.3. The van der Waals surface area contributed by atoms with Crippen LogP contribution in [-0.4, -0.2) is 27.0 Å². The van der Waals surface area contributed by atoms with Crippen LogP contribution in [0.15, 0.2) is 18.2 Å². The highest BCUT2D eigenvalue weighted by molar-refractivity contribution is 7.90. The second-order valence-electron chi connectivity index (χ2n) is 3.90. The number of sulfone groups is 1. The fourth-order valence-corrected chi connectivity index (χ4v) is 2.17. The van der Waals surface area contributed by atoms with Crippen LogP contribution in [0.25, 0.3) is 0 Å². The Morgan fingerprint density at radius 3 is 2.71 bits per heavy atom. The summed E-state index contributed by atoms with van der Waals surface area (Å²) in [5.41, 5.74) is 0.522. The molecule has 6 heteroatoms. The highest BCUT2D eigenvalue weighted by Crippen LogP contribution is 2.14. The summed E-state index contributed by atoms with van der Waals surface area (Å²) in [4.78, 5) is 0. The van der Waals surface area contributed by atoms with Gasteiger partial charge in [-0.15, -0.1) is 0 Å². The molecule has 0 heterocycles. The average Bonchev–Trinajstić information content (AvgIpc) is 2.18. The zero-order chi connectivity index (χ0) is 12.9. The predicted molar refractivity (Wildman–Crippen MR) is 67.4 cm³/mol. The van der Waals surface area contributed by atoms with Crippen LogP contribution < -0.4 is 5.32 Å². The van der Waals surface area contributed by atoms with Crippen LogP contribution >= 0.6 is 11.6 Å². The molecule has 0 atom stereocenters. The minimum atomic E-state index is -2.91. The normalized spacial score (nSPS) is 11.7. The average molecular weight is 280 g/mol. The molecule has 1 aromatic rings. The second-order valence-corrected chi connectivity index (χ2v) is 6.59. The van der Waals surface area contributed by atoms with E-state index in [2.05, 4.69) is 5.32 Å². The van der Waals surface area contributed by atoms with Gasteiger partial charge in [-0.05, 0) is 25.1 Å². The summed E-state index contributed by atoms with van der Waals surface area (Å²) in [7, 11) is -2.91. The van der Waals surface area contributed by atoms with E-state index in [1.54, 1.807) is 12.1 Å². The molecule has 0 spiro atoms. The minimum absolute atomic E-state index is 0.142. The van der Waals surface area contributed by atoms with Crippen molar-refractivity contribution < 1.29 is 12.8 Å². The van der Waals surface area contributed by atoms with Crippen molar-refractivity contribution in [2.75, 3.05) is 18.6 Å². The van der Waals surface area contributed by atoms with Gasteiger partial charge in [0.2, 0.25) is 0 Å². The highest BCUT2D eigenvalue weighted by atomic mass is 35.5. The Balaban J connectivity index is 2.32. The van der Waals surface area contributed by atoms with Crippen LogP contribution in [0, 0.1) is 5.82 Å². The molecule has 17 heavy (non-hydrogen) atoms. The van der Waals surface area contributed by atoms with Crippen molar-refractivity contribution in [2.45, 2.75) is 13.0 Å². The van der Waals surface area contributed by atoms with E-state index in [4.69, 9.17) is 11.6 Å². The first-order chi connectivity index (χ1) is 7.88. The number of hydrogen-bond acceptors (Lipinski definition) is 3. The van der Waals surface area contributed by atoms with E-state index < -0.39 is 9.84 Å². The number of rotatable bonds is 6. The van der Waals surface area contributed by atoms with Crippen molar-refractivity contribution in [1.29, 1.82) is 0 Å². The number of benzene rings is 1. The molecule has 0 aromatic heterocycles. The molecule has 96 valence electrons. The largest absolute Gasteiger partial charge is 0.313 e. The third-order valence-electron chi connectivity index (χ3n) is 2.20. The highest BCUT2D eigenvalue weighted by Gasteiger charge is 2.03. The third-order valence-corrected chi connectivity index (χ3v) is 3.46. The first kappa shape index (κ1) is 14.4. The van der Waals surface area contributed by atoms with Gasteiger partial charge < -0.3 is 5.32 Å². The first-order valence-corrected chi connectivity index (χ1v) is 7.65. The Labute approximate surface area is 106 Å². The molecular formula is C11H15ClFNO2S. The van der Waals surface area contributed by atoms with E-state index in [0.717, 1.165) is 0 Å². The number of nitrogens with one attached hydrogen (secondary N) is 1. The van der Waals surface area contributed by atoms with Gasteiger partial charge in [-0.2, -0.15) is 0 Å². The Morgan fingerprint density at radius 1 is 1.41 bits per heavy atom. The third kappa shape index (κ3) is 6.00. The Kier molecular flexibility index (Phi) is 5.36. The molecule has 1 aromatic carbocycles. The molecule has 0 aliphatic rings. The fourth-order valence-electron chi connectivity index (χ4n) is 1.35. The molecule has 0 amide bonds. The van der Waals surface area contributed by atoms with Gasteiger partial charge in [0.05, 0.1) is 5.75 Å². The van der Waals surface area contributed by atoms with Gasteiger partial charge in [-0.3, -0.25) is 0 Å². The van der Waals surface area contributed by atoms with Gasteiger partial charge in [-0.25, -0.2) is 12.8 Å². The molecule has 0 aliphatic carbocycles. The molecule has 0 saturated carbocycles. The van der Waals surface area contributed by atoms with Gasteiger partial charge in [-0.1, -0.05) is 17.7 Å². The molecular weight excluding hydrogens is 265 g/mol. The fraction of sp³-hybridized carbons (Fsp3) is 0.455. The van der Waals surface area contributed by atoms with E-state index in [1.165, 1.54) is 12.3 Å².